The number of allylic oxidation sites excluding steroid dienone is 4. The number of rotatable bonds is 0. The van der Waals surface area contributed by atoms with Crippen LogP contribution >= 0.6 is 0 Å². The summed E-state index contributed by atoms with van der Waals surface area (Å²) in [5.74, 6) is 0. The molecule has 0 nitrogen and oxygen atoms in total. The van der Waals surface area contributed by atoms with Crippen molar-refractivity contribution in [2.45, 2.75) is 6.42 Å². The fourth-order valence-corrected chi connectivity index (χ4v) is 0.340. The molecule has 0 bridgehead atoms. The minimum atomic E-state index is 0. The fourth-order valence-electron chi connectivity index (χ4n) is 0.340. The van der Waals surface area contributed by atoms with Crippen molar-refractivity contribution in [1.29, 1.82) is 0 Å². The van der Waals surface area contributed by atoms with Crippen LogP contribution in [-0.4, -0.2) is 0 Å². The van der Waals surface area contributed by atoms with E-state index in [1.165, 1.54) is 0 Å². The van der Waals surface area contributed by atoms with E-state index < -0.39 is 0 Å². The predicted octanol–water partition coefficient (Wildman–Crippen LogP) is -3.79. The third kappa shape index (κ3) is 15.9. The van der Waals surface area contributed by atoms with E-state index >= 15 is 0 Å². The van der Waals surface area contributed by atoms with Gasteiger partial charge in [-0.05, 0) is 0 Å². The van der Waals surface area contributed by atoms with Gasteiger partial charge in [-0.1, -0.05) is 0 Å². The molecule has 1 rings (SSSR count). The Bertz CT molecular complexity index is 69.7. The van der Waals surface area contributed by atoms with E-state index in [1.54, 1.807) is 0 Å². The molecule has 0 fully saturated rings. The van der Waals surface area contributed by atoms with Gasteiger partial charge in [0.25, 0.3) is 0 Å². The minimum absolute atomic E-state index is 0. The maximum absolute atomic E-state index is 2.99. The Balaban J connectivity index is -0.0000000167. The van der Waals surface area contributed by atoms with Gasteiger partial charge in [-0.2, -0.15) is 6.08 Å². The van der Waals surface area contributed by atoms with Crippen molar-refractivity contribution in [3.05, 3.63) is 39.2 Å². The van der Waals surface area contributed by atoms with E-state index in [0.29, 0.717) is 0 Å². The molecule has 0 aromatic heterocycles. The van der Waals surface area contributed by atoms with Crippen LogP contribution in [0.4, 0.5) is 0 Å². The third-order valence-electron chi connectivity index (χ3n) is 0.586. The van der Waals surface area contributed by atoms with Crippen LogP contribution in [0.1, 0.15) is 6.42 Å². The smallest absolute Gasteiger partial charge is 1.00 e. The summed E-state index contributed by atoms with van der Waals surface area (Å²) in [6.07, 6.45) is 10.0. The molecule has 0 heterocycles. The molecule has 0 saturated carbocycles. The summed E-state index contributed by atoms with van der Waals surface area (Å²) in [4.78, 5) is 0. The molecule has 0 saturated heterocycles. The SMILES string of the molecule is [C-]1=CC=CC1.[CH3-].[CH3-].[Cl-].[Cl-].[Ti+2]. The van der Waals surface area contributed by atoms with Crippen molar-refractivity contribution in [3.63, 3.8) is 0 Å². The van der Waals surface area contributed by atoms with Crippen molar-refractivity contribution in [2.24, 2.45) is 0 Å². The van der Waals surface area contributed by atoms with Gasteiger partial charge in [0, 0.05) is 0 Å². The van der Waals surface area contributed by atoms with E-state index in [-0.39, 0.29) is 61.4 Å². The molecule has 0 atom stereocenters. The molecule has 1 aliphatic carbocycles. The van der Waals surface area contributed by atoms with Gasteiger partial charge in [0.2, 0.25) is 0 Å². The molecule has 0 aromatic rings. The zero-order chi connectivity index (χ0) is 3.54. The number of halogens is 2. The van der Waals surface area contributed by atoms with Crippen LogP contribution in [0.2, 0.25) is 0 Å². The second kappa shape index (κ2) is 22.6. The molecular formula is C7H11Cl2Ti-3. The van der Waals surface area contributed by atoms with E-state index in [2.05, 4.69) is 12.2 Å². The van der Waals surface area contributed by atoms with Crippen molar-refractivity contribution in [1.82, 2.24) is 0 Å². The van der Waals surface area contributed by atoms with Crippen LogP contribution < -0.4 is 24.8 Å². The molecule has 0 spiro atoms. The van der Waals surface area contributed by atoms with E-state index in [1.807, 2.05) is 12.2 Å². The summed E-state index contributed by atoms with van der Waals surface area (Å²) in [5.41, 5.74) is 0. The molecule has 60 valence electrons. The van der Waals surface area contributed by atoms with Gasteiger partial charge >= 0.3 is 21.7 Å². The molecule has 0 aromatic carbocycles. The van der Waals surface area contributed by atoms with E-state index in [4.69, 9.17) is 0 Å². The molecule has 1 aliphatic rings. The molecule has 0 aliphatic heterocycles. The second-order valence-corrected chi connectivity index (χ2v) is 1.00. The summed E-state index contributed by atoms with van der Waals surface area (Å²) in [6, 6.07) is 0. The molecule has 0 amide bonds. The Kier molecular flexibility index (Phi) is 69.7. The average molecular weight is 214 g/mol. The van der Waals surface area contributed by atoms with Gasteiger partial charge < -0.3 is 39.7 Å². The Morgan fingerprint density at radius 2 is 1.60 bits per heavy atom. The van der Waals surface area contributed by atoms with Crippen molar-refractivity contribution < 1.29 is 46.5 Å². The second-order valence-electron chi connectivity index (χ2n) is 1.00. The summed E-state index contributed by atoms with van der Waals surface area (Å²) < 4.78 is 0. The zero-order valence-electron chi connectivity index (χ0n) is 6.20. The third-order valence-corrected chi connectivity index (χ3v) is 0.586. The summed E-state index contributed by atoms with van der Waals surface area (Å²) in [7, 11) is 0. The number of hydrogen-bond donors (Lipinski definition) is 0. The van der Waals surface area contributed by atoms with Crippen LogP contribution in [-0.2, 0) is 21.7 Å². The van der Waals surface area contributed by atoms with Crippen LogP contribution in [0.3, 0.4) is 0 Å². The molecule has 0 unspecified atom stereocenters. The van der Waals surface area contributed by atoms with Crippen LogP contribution in [0, 0.1) is 20.9 Å². The van der Waals surface area contributed by atoms with Gasteiger partial charge in [-0.3, -0.25) is 6.08 Å². The topological polar surface area (TPSA) is 0 Å². The first-order chi connectivity index (χ1) is 2.50. The van der Waals surface area contributed by atoms with Crippen LogP contribution in [0.15, 0.2) is 18.2 Å². The Morgan fingerprint density at radius 3 is 1.70 bits per heavy atom. The van der Waals surface area contributed by atoms with Crippen LogP contribution in [0.25, 0.3) is 0 Å². The maximum Gasteiger partial charge on any atom is 2.00 e. The Hall–Kier alpha value is 0.774. The van der Waals surface area contributed by atoms with Crippen molar-refractivity contribution in [2.75, 3.05) is 0 Å². The standard InChI is InChI=1S/C5H5.2CH3.2ClH.Ti/c1-2-4-5-3-1;;;;;/h1-3H,4H2;2*1H3;2*1H;/q3*-1;;;+2/p-2. The van der Waals surface area contributed by atoms with E-state index in [9.17, 15) is 0 Å². The monoisotopic (exact) mass is 213 g/mol. The Morgan fingerprint density at radius 1 is 1.10 bits per heavy atom. The molecular weight excluding hydrogens is 203 g/mol. The Labute approximate surface area is 91.9 Å². The molecule has 10 heavy (non-hydrogen) atoms. The van der Waals surface area contributed by atoms with Gasteiger partial charge in [-0.15, -0.1) is 6.42 Å². The zero-order valence-corrected chi connectivity index (χ0v) is 9.27. The summed E-state index contributed by atoms with van der Waals surface area (Å²) in [5, 5.41) is 0. The largest absolute Gasteiger partial charge is 2.00 e. The first-order valence-electron chi connectivity index (χ1n) is 1.72. The summed E-state index contributed by atoms with van der Waals surface area (Å²) in [6.45, 7) is 0. The van der Waals surface area contributed by atoms with Crippen molar-refractivity contribution in [3.8, 4) is 0 Å². The van der Waals surface area contributed by atoms with Gasteiger partial charge in [0.05, 0.1) is 0 Å². The van der Waals surface area contributed by atoms with E-state index in [0.717, 1.165) is 6.42 Å². The first-order valence-corrected chi connectivity index (χ1v) is 1.72. The van der Waals surface area contributed by atoms with Gasteiger partial charge in [0.1, 0.15) is 0 Å². The molecule has 0 radical (unpaired) electrons. The molecule has 0 N–H and O–H groups in total. The minimum Gasteiger partial charge on any atom is -1.00 e. The predicted molar refractivity (Wildman–Crippen MR) is 34.4 cm³/mol. The van der Waals surface area contributed by atoms with Gasteiger partial charge in [0.15, 0.2) is 0 Å². The summed E-state index contributed by atoms with van der Waals surface area (Å²) >= 11 is 0. The van der Waals surface area contributed by atoms with Crippen molar-refractivity contribution >= 4 is 0 Å². The average Bonchev–Trinajstić information content (AvgIpc) is 1.76. The quantitative estimate of drug-likeness (QED) is 0.286. The van der Waals surface area contributed by atoms with Crippen LogP contribution in [0.5, 0.6) is 0 Å². The fraction of sp³-hybridized carbons (Fsp3) is 0.143. The normalized spacial score (nSPS) is 8.80. The van der Waals surface area contributed by atoms with Gasteiger partial charge in [-0.25, -0.2) is 12.2 Å². The maximum atomic E-state index is 2.99. The molecule has 3 heteroatoms. The number of hydrogen-bond acceptors (Lipinski definition) is 0. The first kappa shape index (κ1) is 30.9.